The lowest BCUT2D eigenvalue weighted by Gasteiger charge is -1.97. The Morgan fingerprint density at radius 2 is 2.31 bits per heavy atom. The molecule has 13 heavy (non-hydrogen) atoms. The molecule has 0 saturated heterocycles. The van der Waals surface area contributed by atoms with Gasteiger partial charge in [0.25, 0.3) is 5.91 Å². The van der Waals surface area contributed by atoms with Gasteiger partial charge in [-0.15, -0.1) is 4.99 Å². The number of nitrogens with zero attached hydrogens (tertiary/aromatic N) is 1. The van der Waals surface area contributed by atoms with Crippen LogP contribution in [0.2, 0.25) is 0 Å². The molecule has 0 unspecified atom stereocenters. The van der Waals surface area contributed by atoms with E-state index in [9.17, 15) is 9.59 Å². The number of rotatable bonds is 2. The third kappa shape index (κ3) is 2.36. The Hall–Kier alpha value is -1.73. The Kier molecular flexibility index (Phi) is 3.12. The quantitative estimate of drug-likeness (QED) is 0.507. The minimum atomic E-state index is -0.537. The van der Waals surface area contributed by atoms with Crippen LogP contribution < -0.4 is 0 Å². The normalized spacial score (nSPS) is 9.00. The lowest BCUT2D eigenvalue weighted by atomic mass is 10.1. The minimum Gasteiger partial charge on any atom is -0.266 e. The van der Waals surface area contributed by atoms with E-state index in [4.69, 9.17) is 0 Å². The van der Waals surface area contributed by atoms with E-state index in [2.05, 4.69) is 4.99 Å². The number of aryl methyl sites for hydroxylation is 1. The number of amides is 1. The van der Waals surface area contributed by atoms with Gasteiger partial charge in [0.2, 0.25) is 6.08 Å². The lowest BCUT2D eigenvalue weighted by Crippen LogP contribution is -1.95. The summed E-state index contributed by atoms with van der Waals surface area (Å²) in [5.74, 6) is -0.537. The number of isocyanates is 1. The van der Waals surface area contributed by atoms with E-state index in [1.807, 2.05) is 13.0 Å². The molecule has 3 nitrogen and oxygen atoms in total. The van der Waals surface area contributed by atoms with Crippen LogP contribution in [-0.4, -0.2) is 12.0 Å². The van der Waals surface area contributed by atoms with Crippen LogP contribution in [0.1, 0.15) is 22.8 Å². The van der Waals surface area contributed by atoms with E-state index < -0.39 is 5.91 Å². The zero-order chi connectivity index (χ0) is 9.68. The first kappa shape index (κ1) is 9.36. The van der Waals surface area contributed by atoms with Gasteiger partial charge in [0.1, 0.15) is 0 Å². The fourth-order valence-corrected chi connectivity index (χ4v) is 1.03. The highest BCUT2D eigenvalue weighted by atomic mass is 16.2. The first-order valence-corrected chi connectivity index (χ1v) is 3.99. The second-order valence-electron chi connectivity index (χ2n) is 2.56. The lowest BCUT2D eigenvalue weighted by molar-refractivity contribution is 0.100. The largest absolute Gasteiger partial charge is 0.287 e. The van der Waals surface area contributed by atoms with E-state index >= 15 is 0 Å². The molecule has 0 N–H and O–H groups in total. The van der Waals surface area contributed by atoms with Crippen molar-refractivity contribution in [1.82, 2.24) is 0 Å². The van der Waals surface area contributed by atoms with Crippen LogP contribution >= 0.6 is 0 Å². The van der Waals surface area contributed by atoms with Crippen LogP contribution in [0.25, 0.3) is 0 Å². The molecule has 1 amide bonds. The molecule has 0 aliphatic heterocycles. The summed E-state index contributed by atoms with van der Waals surface area (Å²) in [5.41, 5.74) is 1.48. The smallest absolute Gasteiger partial charge is 0.266 e. The van der Waals surface area contributed by atoms with Gasteiger partial charge < -0.3 is 0 Å². The zero-order valence-electron chi connectivity index (χ0n) is 7.28. The summed E-state index contributed by atoms with van der Waals surface area (Å²) in [6.07, 6.45) is 2.08. The average molecular weight is 175 g/mol. The molecule has 0 spiro atoms. The molecule has 0 atom stereocenters. The van der Waals surface area contributed by atoms with Gasteiger partial charge in [0.05, 0.1) is 0 Å². The third-order valence-electron chi connectivity index (χ3n) is 1.73. The minimum absolute atomic E-state index is 0.433. The Bertz CT molecular complexity index is 365. The molecule has 0 aromatic heterocycles. The van der Waals surface area contributed by atoms with Crippen molar-refractivity contribution >= 4 is 12.0 Å². The summed E-state index contributed by atoms with van der Waals surface area (Å²) in [4.78, 5) is 23.9. The maximum atomic E-state index is 11.1. The number of hydrogen-bond acceptors (Lipinski definition) is 2. The summed E-state index contributed by atoms with van der Waals surface area (Å²) < 4.78 is 0. The van der Waals surface area contributed by atoms with Crippen molar-refractivity contribution in [1.29, 1.82) is 0 Å². The van der Waals surface area contributed by atoms with Crippen LogP contribution in [0.5, 0.6) is 0 Å². The Labute approximate surface area is 76.1 Å². The SMILES string of the molecule is CCc1cccc(C(=O)N=C=O)c1. The van der Waals surface area contributed by atoms with E-state index in [1.165, 1.54) is 6.08 Å². The molecule has 0 aliphatic carbocycles. The van der Waals surface area contributed by atoms with Gasteiger partial charge in [-0.2, -0.15) is 0 Å². The molecule has 1 rings (SSSR count). The third-order valence-corrected chi connectivity index (χ3v) is 1.73. The van der Waals surface area contributed by atoms with Crippen molar-refractivity contribution in [2.75, 3.05) is 0 Å². The highest BCUT2D eigenvalue weighted by Crippen LogP contribution is 2.06. The average Bonchev–Trinajstić information content (AvgIpc) is 2.18. The van der Waals surface area contributed by atoms with E-state index in [0.29, 0.717) is 5.56 Å². The number of benzene rings is 1. The van der Waals surface area contributed by atoms with E-state index in [-0.39, 0.29) is 0 Å². The van der Waals surface area contributed by atoms with Crippen molar-refractivity contribution in [2.24, 2.45) is 4.99 Å². The van der Waals surface area contributed by atoms with Gasteiger partial charge >= 0.3 is 0 Å². The Balaban J connectivity index is 3.01. The Morgan fingerprint density at radius 1 is 1.54 bits per heavy atom. The van der Waals surface area contributed by atoms with Crippen molar-refractivity contribution < 1.29 is 9.59 Å². The number of hydrogen-bond donors (Lipinski definition) is 0. The summed E-state index contributed by atoms with van der Waals surface area (Å²) >= 11 is 0. The molecular weight excluding hydrogens is 166 g/mol. The van der Waals surface area contributed by atoms with Crippen molar-refractivity contribution in [2.45, 2.75) is 13.3 Å². The molecule has 0 saturated carbocycles. The van der Waals surface area contributed by atoms with Gasteiger partial charge in [-0.25, -0.2) is 4.79 Å². The van der Waals surface area contributed by atoms with Gasteiger partial charge in [-0.05, 0) is 24.1 Å². The van der Waals surface area contributed by atoms with Crippen LogP contribution in [0.4, 0.5) is 0 Å². The molecule has 66 valence electrons. The molecular formula is C10H9NO2. The highest BCUT2D eigenvalue weighted by Gasteiger charge is 2.02. The standard InChI is InChI=1S/C10H9NO2/c1-2-8-4-3-5-9(6-8)10(13)11-7-12/h3-6H,2H2,1H3. The fourth-order valence-electron chi connectivity index (χ4n) is 1.03. The summed E-state index contributed by atoms with van der Waals surface area (Å²) in [5, 5.41) is 0. The predicted molar refractivity (Wildman–Crippen MR) is 48.3 cm³/mol. The van der Waals surface area contributed by atoms with Crippen molar-refractivity contribution in [3.63, 3.8) is 0 Å². The second-order valence-corrected chi connectivity index (χ2v) is 2.56. The number of carbonyl (C=O) groups is 1. The van der Waals surface area contributed by atoms with Crippen LogP contribution in [0, 0.1) is 0 Å². The summed E-state index contributed by atoms with van der Waals surface area (Å²) in [7, 11) is 0. The number of carbonyl (C=O) groups excluding carboxylic acids is 2. The number of aliphatic imine (C=N–C) groups is 1. The zero-order valence-corrected chi connectivity index (χ0v) is 7.28. The van der Waals surface area contributed by atoms with Crippen LogP contribution in [-0.2, 0) is 11.2 Å². The van der Waals surface area contributed by atoms with Crippen molar-refractivity contribution in [3.05, 3.63) is 35.4 Å². The molecule has 3 heteroatoms. The molecule has 1 aromatic rings. The van der Waals surface area contributed by atoms with Crippen molar-refractivity contribution in [3.8, 4) is 0 Å². The maximum Gasteiger partial charge on any atom is 0.287 e. The fraction of sp³-hybridized carbons (Fsp3) is 0.200. The maximum absolute atomic E-state index is 11.1. The Morgan fingerprint density at radius 3 is 2.92 bits per heavy atom. The van der Waals surface area contributed by atoms with Gasteiger partial charge in [-0.1, -0.05) is 19.1 Å². The predicted octanol–water partition coefficient (Wildman–Crippen LogP) is 1.72. The molecule has 1 aromatic carbocycles. The van der Waals surface area contributed by atoms with E-state index in [0.717, 1.165) is 12.0 Å². The van der Waals surface area contributed by atoms with Gasteiger partial charge in [0.15, 0.2) is 0 Å². The molecule has 0 aliphatic rings. The molecule has 0 heterocycles. The monoisotopic (exact) mass is 175 g/mol. The van der Waals surface area contributed by atoms with E-state index in [1.54, 1.807) is 18.2 Å². The first-order chi connectivity index (χ1) is 6.27. The first-order valence-electron chi connectivity index (χ1n) is 3.99. The molecule has 0 radical (unpaired) electrons. The molecule has 0 fully saturated rings. The topological polar surface area (TPSA) is 46.5 Å². The van der Waals surface area contributed by atoms with Gasteiger partial charge in [-0.3, -0.25) is 4.79 Å². The van der Waals surface area contributed by atoms with Gasteiger partial charge in [0, 0.05) is 5.56 Å². The molecule has 0 bridgehead atoms. The van der Waals surface area contributed by atoms with Crippen LogP contribution in [0.3, 0.4) is 0 Å². The summed E-state index contributed by atoms with van der Waals surface area (Å²) in [6, 6.07) is 7.04. The second kappa shape index (κ2) is 4.33. The highest BCUT2D eigenvalue weighted by molar-refractivity contribution is 5.97. The van der Waals surface area contributed by atoms with Crippen LogP contribution in [0.15, 0.2) is 29.3 Å². The summed E-state index contributed by atoms with van der Waals surface area (Å²) in [6.45, 7) is 1.99.